The van der Waals surface area contributed by atoms with Crippen LogP contribution in [-0.2, 0) is 7.05 Å². The summed E-state index contributed by atoms with van der Waals surface area (Å²) in [6.45, 7) is 2.88. The summed E-state index contributed by atoms with van der Waals surface area (Å²) in [6.07, 6.45) is 6.24. The van der Waals surface area contributed by atoms with Crippen LogP contribution < -0.4 is 5.32 Å². The van der Waals surface area contributed by atoms with Crippen molar-refractivity contribution in [3.05, 3.63) is 48.0 Å². The molecule has 0 radical (unpaired) electrons. The number of guanidine groups is 1. The van der Waals surface area contributed by atoms with Crippen LogP contribution in [0, 0.1) is 5.82 Å². The Balaban J connectivity index is 0.00000261. The minimum absolute atomic E-state index is 0. The zero-order valence-corrected chi connectivity index (χ0v) is 18.9. The molecular formula is C19H27FIN5S. The average molecular weight is 503 g/mol. The highest BCUT2D eigenvalue weighted by Gasteiger charge is 2.26. The van der Waals surface area contributed by atoms with Gasteiger partial charge in [-0.05, 0) is 48.4 Å². The molecule has 8 heteroatoms. The summed E-state index contributed by atoms with van der Waals surface area (Å²) in [5.41, 5.74) is 1.31. The number of aromatic nitrogens is 2. The van der Waals surface area contributed by atoms with E-state index >= 15 is 0 Å². The van der Waals surface area contributed by atoms with Crippen LogP contribution in [0.2, 0.25) is 0 Å². The van der Waals surface area contributed by atoms with E-state index in [0.717, 1.165) is 49.1 Å². The van der Waals surface area contributed by atoms with Gasteiger partial charge in [-0.15, -0.1) is 35.7 Å². The molecule has 1 aromatic heterocycles. The highest BCUT2D eigenvalue weighted by atomic mass is 127. The number of hydrogen-bond donors (Lipinski definition) is 1. The molecule has 0 amide bonds. The fraction of sp³-hybridized carbons (Fsp3) is 0.474. The largest absolute Gasteiger partial charge is 0.356 e. The normalized spacial score (nSPS) is 17.1. The first-order valence-corrected chi connectivity index (χ1v) is 9.97. The molecule has 0 saturated carbocycles. The number of rotatable bonds is 6. The van der Waals surface area contributed by atoms with E-state index in [2.05, 4.69) is 26.5 Å². The van der Waals surface area contributed by atoms with Crippen LogP contribution in [0.4, 0.5) is 4.39 Å². The Labute approximate surface area is 181 Å². The Kier molecular flexibility index (Phi) is 8.88. The fourth-order valence-corrected chi connectivity index (χ4v) is 4.05. The third-order valence-corrected chi connectivity index (χ3v) is 5.68. The van der Waals surface area contributed by atoms with Crippen molar-refractivity contribution in [3.8, 4) is 0 Å². The number of nitrogens with zero attached hydrogens (tertiary/aromatic N) is 4. The molecule has 2 aromatic rings. The van der Waals surface area contributed by atoms with Crippen LogP contribution in [0.15, 0.2) is 46.5 Å². The van der Waals surface area contributed by atoms with Gasteiger partial charge in [-0.2, -0.15) is 5.10 Å². The lowest BCUT2D eigenvalue weighted by Crippen LogP contribution is -2.40. The van der Waals surface area contributed by atoms with Gasteiger partial charge < -0.3 is 10.2 Å². The zero-order chi connectivity index (χ0) is 18.4. The van der Waals surface area contributed by atoms with Crippen molar-refractivity contribution >= 4 is 41.7 Å². The molecule has 27 heavy (non-hydrogen) atoms. The van der Waals surface area contributed by atoms with Gasteiger partial charge in [0.15, 0.2) is 5.96 Å². The van der Waals surface area contributed by atoms with Crippen LogP contribution in [0.1, 0.15) is 24.3 Å². The van der Waals surface area contributed by atoms with Crippen molar-refractivity contribution in [2.24, 2.45) is 12.0 Å². The summed E-state index contributed by atoms with van der Waals surface area (Å²) in [7, 11) is 3.80. The zero-order valence-electron chi connectivity index (χ0n) is 15.8. The SMILES string of the molecule is CN=C(NCCCSc1ccc(F)cc1)N1CCC(c2cnn(C)c2)C1.I. The van der Waals surface area contributed by atoms with E-state index in [0.29, 0.717) is 5.92 Å². The smallest absolute Gasteiger partial charge is 0.193 e. The molecule has 148 valence electrons. The van der Waals surface area contributed by atoms with Crippen LogP contribution in [0.25, 0.3) is 0 Å². The van der Waals surface area contributed by atoms with Crippen molar-refractivity contribution in [2.75, 3.05) is 32.4 Å². The number of likely N-dealkylation sites (tertiary alicyclic amines) is 1. The molecule has 1 aliphatic rings. The average Bonchev–Trinajstić information content (AvgIpc) is 3.29. The number of aliphatic imine (C=N–C) groups is 1. The monoisotopic (exact) mass is 503 g/mol. The lowest BCUT2D eigenvalue weighted by atomic mass is 10.0. The Morgan fingerprint density at radius 3 is 2.81 bits per heavy atom. The molecule has 1 N–H and O–H groups in total. The maximum atomic E-state index is 12.9. The Bertz CT molecular complexity index is 734. The molecule has 3 rings (SSSR count). The predicted molar refractivity (Wildman–Crippen MR) is 121 cm³/mol. The molecule has 1 aromatic carbocycles. The van der Waals surface area contributed by atoms with E-state index in [1.165, 1.54) is 17.7 Å². The highest BCUT2D eigenvalue weighted by Crippen LogP contribution is 2.26. The maximum absolute atomic E-state index is 12.9. The molecule has 2 heterocycles. The second kappa shape index (κ2) is 10.9. The minimum Gasteiger partial charge on any atom is -0.356 e. The number of aryl methyl sites for hydroxylation is 1. The molecule has 5 nitrogen and oxygen atoms in total. The van der Waals surface area contributed by atoms with Gasteiger partial charge in [0.1, 0.15) is 5.82 Å². The molecule has 1 aliphatic heterocycles. The molecule has 0 aliphatic carbocycles. The fourth-order valence-electron chi connectivity index (χ4n) is 3.20. The van der Waals surface area contributed by atoms with Gasteiger partial charge in [-0.3, -0.25) is 9.67 Å². The predicted octanol–water partition coefficient (Wildman–Crippen LogP) is 3.72. The summed E-state index contributed by atoms with van der Waals surface area (Å²) in [5.74, 6) is 2.31. The van der Waals surface area contributed by atoms with E-state index in [-0.39, 0.29) is 29.8 Å². The van der Waals surface area contributed by atoms with Gasteiger partial charge in [0.2, 0.25) is 0 Å². The first kappa shape index (κ1) is 22.0. The quantitative estimate of drug-likeness (QED) is 0.215. The summed E-state index contributed by atoms with van der Waals surface area (Å²) in [6, 6.07) is 6.67. The van der Waals surface area contributed by atoms with E-state index in [1.54, 1.807) is 11.8 Å². The van der Waals surface area contributed by atoms with Gasteiger partial charge in [0.25, 0.3) is 0 Å². The lowest BCUT2D eigenvalue weighted by molar-refractivity contribution is 0.486. The van der Waals surface area contributed by atoms with Crippen LogP contribution >= 0.6 is 35.7 Å². The number of hydrogen-bond acceptors (Lipinski definition) is 3. The first-order chi connectivity index (χ1) is 12.7. The van der Waals surface area contributed by atoms with Gasteiger partial charge >= 0.3 is 0 Å². The van der Waals surface area contributed by atoms with Crippen LogP contribution in [0.3, 0.4) is 0 Å². The van der Waals surface area contributed by atoms with Crippen molar-refractivity contribution in [2.45, 2.75) is 23.7 Å². The molecule has 1 unspecified atom stereocenters. The summed E-state index contributed by atoms with van der Waals surface area (Å²) < 4.78 is 14.8. The molecular weight excluding hydrogens is 476 g/mol. The van der Waals surface area contributed by atoms with Crippen molar-refractivity contribution < 1.29 is 4.39 Å². The van der Waals surface area contributed by atoms with Crippen molar-refractivity contribution in [3.63, 3.8) is 0 Å². The number of halogens is 2. The summed E-state index contributed by atoms with van der Waals surface area (Å²) in [5, 5.41) is 7.75. The molecule has 1 saturated heterocycles. The lowest BCUT2D eigenvalue weighted by Gasteiger charge is -2.21. The van der Waals surface area contributed by atoms with Crippen LogP contribution in [0.5, 0.6) is 0 Å². The summed E-state index contributed by atoms with van der Waals surface area (Å²) in [4.78, 5) is 7.86. The van der Waals surface area contributed by atoms with Gasteiger partial charge in [0.05, 0.1) is 6.20 Å². The minimum atomic E-state index is -0.185. The second-order valence-corrected chi connectivity index (χ2v) is 7.68. The molecule has 0 spiro atoms. The van der Waals surface area contributed by atoms with Crippen LogP contribution in [-0.4, -0.2) is 53.1 Å². The van der Waals surface area contributed by atoms with E-state index in [1.807, 2.05) is 37.1 Å². The van der Waals surface area contributed by atoms with E-state index in [4.69, 9.17) is 0 Å². The third-order valence-electron chi connectivity index (χ3n) is 4.58. The third kappa shape index (κ3) is 6.38. The van der Waals surface area contributed by atoms with Gasteiger partial charge in [-0.25, -0.2) is 4.39 Å². The Morgan fingerprint density at radius 1 is 1.37 bits per heavy atom. The van der Waals surface area contributed by atoms with Crippen molar-refractivity contribution in [1.82, 2.24) is 20.0 Å². The standard InChI is InChI=1S/C19H26FN5S.HI/c1-21-19(22-9-3-11-26-18-6-4-17(20)5-7-18)25-10-8-15(14-25)16-12-23-24(2)13-16;/h4-7,12-13,15H,3,8-11,14H2,1-2H3,(H,21,22);1H. The van der Waals surface area contributed by atoms with Gasteiger partial charge in [0, 0.05) is 50.7 Å². The Morgan fingerprint density at radius 2 is 2.15 bits per heavy atom. The first-order valence-electron chi connectivity index (χ1n) is 8.98. The second-order valence-electron chi connectivity index (χ2n) is 6.51. The van der Waals surface area contributed by atoms with E-state index in [9.17, 15) is 4.39 Å². The molecule has 1 fully saturated rings. The molecule has 0 bridgehead atoms. The molecule has 1 atom stereocenters. The summed E-state index contributed by atoms with van der Waals surface area (Å²) >= 11 is 1.75. The number of thioether (sulfide) groups is 1. The Hall–Kier alpha value is -1.29. The van der Waals surface area contributed by atoms with Gasteiger partial charge in [-0.1, -0.05) is 0 Å². The maximum Gasteiger partial charge on any atom is 0.193 e. The number of benzene rings is 1. The highest BCUT2D eigenvalue weighted by molar-refractivity contribution is 14.0. The number of nitrogens with one attached hydrogen (secondary N) is 1. The van der Waals surface area contributed by atoms with E-state index < -0.39 is 0 Å². The topological polar surface area (TPSA) is 45.5 Å². The van der Waals surface area contributed by atoms with Crippen molar-refractivity contribution in [1.29, 1.82) is 0 Å².